The van der Waals surface area contributed by atoms with Crippen LogP contribution in [-0.2, 0) is 18.7 Å². The van der Waals surface area contributed by atoms with Gasteiger partial charge in [-0.15, -0.1) is 0 Å². The van der Waals surface area contributed by atoms with Gasteiger partial charge in [0.1, 0.15) is 0 Å². The van der Waals surface area contributed by atoms with Gasteiger partial charge < -0.3 is 13.3 Å². The Balaban J connectivity index is 2.45. The fraction of sp³-hybridized carbons (Fsp3) is 0.455. The van der Waals surface area contributed by atoms with Gasteiger partial charge in [-0.1, -0.05) is 130 Å². The molecule has 0 aliphatic rings. The Morgan fingerprint density at radius 1 is 0.553 bits per heavy atom. The van der Waals surface area contributed by atoms with E-state index >= 15 is 4.39 Å². The second kappa shape index (κ2) is 14.7. The molecule has 206 valence electrons. The van der Waals surface area contributed by atoms with E-state index in [9.17, 15) is 0 Å². The molecular formula is C33H45FO3Si. The van der Waals surface area contributed by atoms with Gasteiger partial charge in [-0.3, -0.25) is 0 Å². The number of alkyl halides is 1. The zero-order valence-corrected chi connectivity index (χ0v) is 24.6. The van der Waals surface area contributed by atoms with Crippen molar-refractivity contribution < 1.29 is 17.7 Å². The van der Waals surface area contributed by atoms with E-state index in [1.165, 1.54) is 0 Å². The minimum Gasteiger partial charge on any atom is -0.372 e. The molecule has 0 radical (unpaired) electrons. The molecule has 0 amide bonds. The summed E-state index contributed by atoms with van der Waals surface area (Å²) in [5.74, 6) is 0. The van der Waals surface area contributed by atoms with E-state index in [1.54, 1.807) is 0 Å². The Hall–Kier alpha value is -2.31. The van der Waals surface area contributed by atoms with Crippen LogP contribution in [0.3, 0.4) is 0 Å². The highest BCUT2D eigenvalue weighted by Crippen LogP contribution is 2.56. The Labute approximate surface area is 230 Å². The predicted octanol–water partition coefficient (Wildman–Crippen LogP) is 8.68. The summed E-state index contributed by atoms with van der Waals surface area (Å²) in [5, 5.41) is -1.99. The van der Waals surface area contributed by atoms with Gasteiger partial charge in [-0.25, -0.2) is 4.39 Å². The second-order valence-electron chi connectivity index (χ2n) is 9.67. The Kier molecular flexibility index (Phi) is 11.7. The molecule has 0 bridgehead atoms. The molecule has 3 nitrogen and oxygen atoms in total. The number of rotatable bonds is 17. The maximum absolute atomic E-state index is 19.2. The maximum atomic E-state index is 19.2. The molecule has 3 aromatic rings. The fourth-order valence-electron chi connectivity index (χ4n) is 5.83. The van der Waals surface area contributed by atoms with Crippen molar-refractivity contribution in [3.05, 3.63) is 108 Å². The molecular weight excluding hydrogens is 491 g/mol. The van der Waals surface area contributed by atoms with Crippen molar-refractivity contribution >= 4 is 8.80 Å². The molecule has 0 aromatic heterocycles. The molecule has 38 heavy (non-hydrogen) atoms. The summed E-state index contributed by atoms with van der Waals surface area (Å²) >= 11 is 0. The van der Waals surface area contributed by atoms with Crippen molar-refractivity contribution in [3.8, 4) is 0 Å². The molecule has 0 heterocycles. The molecule has 0 fully saturated rings. The fourth-order valence-corrected chi connectivity index (χ4v) is 9.28. The monoisotopic (exact) mass is 536 g/mol. The lowest BCUT2D eigenvalue weighted by atomic mass is 9.64. The van der Waals surface area contributed by atoms with Gasteiger partial charge in [0.15, 0.2) is 5.29 Å². The summed E-state index contributed by atoms with van der Waals surface area (Å²) < 4.78 is 38.6. The maximum Gasteiger partial charge on any atom is 0.542 e. The first-order valence-corrected chi connectivity index (χ1v) is 16.1. The molecule has 1 atom stereocenters. The average molecular weight is 537 g/mol. The van der Waals surface area contributed by atoms with Gasteiger partial charge in [0.25, 0.3) is 0 Å². The summed E-state index contributed by atoms with van der Waals surface area (Å²) in [6, 6.07) is 30.1. The molecule has 1 unspecified atom stereocenters. The standard InChI is InChI=1S/C33H45FO3Si/c1-5-9-10-11-21-28-32(34,38(35-6-2,36-7-3)37-8-4)33(29-22-15-12-16-23-29,30-24-17-13-18-25-30)31-26-19-14-20-27-31/h12-20,22-27H,5-11,21,28H2,1-4H3. The molecule has 3 rings (SSSR count). The van der Waals surface area contributed by atoms with Crippen molar-refractivity contribution in [1.82, 2.24) is 0 Å². The topological polar surface area (TPSA) is 27.7 Å². The summed E-state index contributed by atoms with van der Waals surface area (Å²) in [5.41, 5.74) is 1.38. The van der Waals surface area contributed by atoms with Crippen LogP contribution < -0.4 is 0 Å². The second-order valence-corrected chi connectivity index (χ2v) is 12.4. The van der Waals surface area contributed by atoms with Crippen LogP contribution in [0.4, 0.5) is 4.39 Å². The predicted molar refractivity (Wildman–Crippen MR) is 157 cm³/mol. The van der Waals surface area contributed by atoms with Gasteiger partial charge >= 0.3 is 8.80 Å². The molecule has 0 spiro atoms. The molecule has 0 saturated carbocycles. The van der Waals surface area contributed by atoms with E-state index in [0.29, 0.717) is 26.2 Å². The smallest absolute Gasteiger partial charge is 0.372 e. The summed E-state index contributed by atoms with van der Waals surface area (Å²) in [7, 11) is -3.97. The van der Waals surface area contributed by atoms with Gasteiger partial charge in [0, 0.05) is 19.8 Å². The van der Waals surface area contributed by atoms with E-state index < -0.39 is 19.5 Å². The summed E-state index contributed by atoms with van der Waals surface area (Å²) in [6.07, 6.45) is 5.29. The molecule has 0 saturated heterocycles. The van der Waals surface area contributed by atoms with Crippen LogP contribution in [0, 0.1) is 0 Å². The van der Waals surface area contributed by atoms with Crippen LogP contribution in [-0.4, -0.2) is 33.9 Å². The first kappa shape index (κ1) is 30.2. The van der Waals surface area contributed by atoms with Crippen molar-refractivity contribution in [3.63, 3.8) is 0 Å². The number of unbranched alkanes of at least 4 members (excludes halogenated alkanes) is 4. The van der Waals surface area contributed by atoms with Gasteiger partial charge in [-0.05, 0) is 43.9 Å². The van der Waals surface area contributed by atoms with Crippen LogP contribution >= 0.6 is 0 Å². The van der Waals surface area contributed by atoms with Crippen LogP contribution in [0.15, 0.2) is 91.0 Å². The van der Waals surface area contributed by atoms with Gasteiger partial charge in [-0.2, -0.15) is 0 Å². The van der Waals surface area contributed by atoms with Crippen molar-refractivity contribution in [2.24, 2.45) is 0 Å². The van der Waals surface area contributed by atoms with Crippen LogP contribution in [0.25, 0.3) is 0 Å². The lowest BCUT2D eigenvalue weighted by Gasteiger charge is -2.52. The lowest BCUT2D eigenvalue weighted by Crippen LogP contribution is -2.72. The highest BCUT2D eigenvalue weighted by Gasteiger charge is 2.73. The quantitative estimate of drug-likeness (QED) is 0.0981. The van der Waals surface area contributed by atoms with E-state index in [0.717, 1.165) is 42.4 Å². The minimum absolute atomic E-state index is 0.265. The van der Waals surface area contributed by atoms with Crippen molar-refractivity contribution in [2.45, 2.75) is 76.9 Å². The normalized spacial score (nSPS) is 13.8. The van der Waals surface area contributed by atoms with E-state index in [4.69, 9.17) is 13.3 Å². The molecule has 5 heteroatoms. The molecule has 0 aliphatic heterocycles. The molecule has 0 N–H and O–H groups in total. The van der Waals surface area contributed by atoms with E-state index in [2.05, 4.69) is 6.92 Å². The third-order valence-corrected chi connectivity index (χ3v) is 10.9. The zero-order valence-electron chi connectivity index (χ0n) is 23.6. The Morgan fingerprint density at radius 2 is 0.921 bits per heavy atom. The Morgan fingerprint density at radius 3 is 1.26 bits per heavy atom. The van der Waals surface area contributed by atoms with Crippen molar-refractivity contribution in [2.75, 3.05) is 19.8 Å². The van der Waals surface area contributed by atoms with Crippen molar-refractivity contribution in [1.29, 1.82) is 0 Å². The third-order valence-electron chi connectivity index (χ3n) is 7.33. The van der Waals surface area contributed by atoms with Crippen LogP contribution in [0.2, 0.25) is 0 Å². The van der Waals surface area contributed by atoms with Gasteiger partial charge in [0.05, 0.1) is 5.41 Å². The van der Waals surface area contributed by atoms with E-state index in [1.807, 2.05) is 112 Å². The Bertz CT molecular complexity index is 934. The van der Waals surface area contributed by atoms with E-state index in [-0.39, 0.29) is 6.42 Å². The van der Waals surface area contributed by atoms with Gasteiger partial charge in [0.2, 0.25) is 0 Å². The number of halogens is 1. The first-order chi connectivity index (χ1) is 18.6. The first-order valence-electron chi connectivity index (χ1n) is 14.3. The third kappa shape index (κ3) is 5.96. The van der Waals surface area contributed by atoms with Crippen LogP contribution in [0.1, 0.15) is 82.9 Å². The SMILES string of the molecule is CCCCCCCC(F)(C(c1ccccc1)(c1ccccc1)c1ccccc1)[Si](OCC)(OCC)OCC. The lowest BCUT2D eigenvalue weighted by molar-refractivity contribution is -0.0135. The minimum atomic E-state index is -3.97. The number of benzene rings is 3. The highest BCUT2D eigenvalue weighted by molar-refractivity contribution is 6.64. The number of hydrogen-bond acceptors (Lipinski definition) is 3. The largest absolute Gasteiger partial charge is 0.542 e. The highest BCUT2D eigenvalue weighted by atomic mass is 28.4. The number of hydrogen-bond donors (Lipinski definition) is 0. The average Bonchev–Trinajstić information content (AvgIpc) is 2.95. The summed E-state index contributed by atoms with van der Waals surface area (Å²) in [6.45, 7) is 8.82. The van der Waals surface area contributed by atoms with Crippen LogP contribution in [0.5, 0.6) is 0 Å². The summed E-state index contributed by atoms with van der Waals surface area (Å²) in [4.78, 5) is 0. The zero-order chi connectivity index (χ0) is 27.3. The molecule has 3 aromatic carbocycles. The molecule has 0 aliphatic carbocycles.